The van der Waals surface area contributed by atoms with Gasteiger partial charge in [-0.1, -0.05) is 18.2 Å². The second kappa shape index (κ2) is 5.40. The minimum atomic E-state index is -0.0653. The Morgan fingerprint density at radius 3 is 3.00 bits per heavy atom. The normalized spacial score (nSPS) is 18.3. The predicted octanol–water partition coefficient (Wildman–Crippen LogP) is 1.17. The summed E-state index contributed by atoms with van der Waals surface area (Å²) in [7, 11) is 1.66. The van der Waals surface area contributed by atoms with E-state index in [2.05, 4.69) is 11.1 Å². The number of rotatable bonds is 3. The number of nitrogens with two attached hydrogens (primary N) is 1. The molecule has 0 unspecified atom stereocenters. The highest BCUT2D eigenvalue weighted by molar-refractivity contribution is 5.81. The molecule has 1 aliphatic carbocycles. The monoisotopic (exact) mass is 192 g/mol. The number of nitrogens with zero attached hydrogens (tertiary/aromatic N) is 1. The van der Waals surface area contributed by atoms with E-state index in [1.165, 1.54) is 0 Å². The molecule has 0 aromatic rings. The van der Waals surface area contributed by atoms with E-state index in [-0.39, 0.29) is 6.61 Å². The molecule has 0 fully saturated rings. The summed E-state index contributed by atoms with van der Waals surface area (Å²) in [5.41, 5.74) is 8.34. The van der Waals surface area contributed by atoms with Crippen LogP contribution in [-0.2, 0) is 0 Å². The Hall–Kier alpha value is -1.35. The van der Waals surface area contributed by atoms with Gasteiger partial charge in [-0.25, -0.2) is 0 Å². The number of aliphatic hydroxyl groups excluding tert-OH is 1. The quantitative estimate of drug-likeness (QED) is 0.659. The topological polar surface area (TPSA) is 58.6 Å². The fourth-order valence-corrected chi connectivity index (χ4v) is 1.38. The van der Waals surface area contributed by atoms with Crippen LogP contribution in [0.4, 0.5) is 0 Å². The summed E-state index contributed by atoms with van der Waals surface area (Å²) >= 11 is 0. The van der Waals surface area contributed by atoms with E-state index in [1.807, 2.05) is 12.2 Å². The van der Waals surface area contributed by atoms with Gasteiger partial charge < -0.3 is 10.8 Å². The fourth-order valence-electron chi connectivity index (χ4n) is 1.38. The molecule has 0 aromatic heterocycles. The first-order chi connectivity index (χ1) is 6.79. The molecule has 3 nitrogen and oxygen atoms in total. The second-order valence-electron chi connectivity index (χ2n) is 3.14. The van der Waals surface area contributed by atoms with Gasteiger partial charge in [-0.3, -0.25) is 4.99 Å². The van der Waals surface area contributed by atoms with Crippen LogP contribution in [0.3, 0.4) is 0 Å². The van der Waals surface area contributed by atoms with Crippen LogP contribution in [0, 0.1) is 0 Å². The molecule has 14 heavy (non-hydrogen) atoms. The Labute approximate surface area is 84.3 Å². The van der Waals surface area contributed by atoms with E-state index in [0.717, 1.165) is 18.4 Å². The largest absolute Gasteiger partial charge is 0.398 e. The third-order valence-electron chi connectivity index (χ3n) is 2.16. The van der Waals surface area contributed by atoms with Gasteiger partial charge in [-0.2, -0.15) is 0 Å². The van der Waals surface area contributed by atoms with Crippen LogP contribution >= 0.6 is 0 Å². The van der Waals surface area contributed by atoms with Crippen LogP contribution in [0.2, 0.25) is 0 Å². The third kappa shape index (κ3) is 2.57. The van der Waals surface area contributed by atoms with Gasteiger partial charge in [0.2, 0.25) is 0 Å². The van der Waals surface area contributed by atoms with Crippen molar-refractivity contribution in [3.63, 3.8) is 0 Å². The molecular formula is C11H16N2O. The highest BCUT2D eigenvalue weighted by atomic mass is 16.3. The Balaban J connectivity index is 2.93. The molecule has 0 atom stereocenters. The van der Waals surface area contributed by atoms with E-state index < -0.39 is 0 Å². The van der Waals surface area contributed by atoms with Gasteiger partial charge in [-0.15, -0.1) is 0 Å². The summed E-state index contributed by atoms with van der Waals surface area (Å²) in [5, 5.41) is 9.08. The van der Waals surface area contributed by atoms with E-state index in [1.54, 1.807) is 13.3 Å². The summed E-state index contributed by atoms with van der Waals surface area (Å²) in [6.07, 6.45) is 9.62. The van der Waals surface area contributed by atoms with E-state index >= 15 is 0 Å². The van der Waals surface area contributed by atoms with Gasteiger partial charge in [0.25, 0.3) is 0 Å². The Morgan fingerprint density at radius 2 is 2.50 bits per heavy atom. The van der Waals surface area contributed by atoms with E-state index in [4.69, 9.17) is 10.8 Å². The molecule has 0 heterocycles. The van der Waals surface area contributed by atoms with Gasteiger partial charge in [0.15, 0.2) is 0 Å². The number of hydrogen-bond donors (Lipinski definition) is 2. The van der Waals surface area contributed by atoms with Crippen LogP contribution in [0.25, 0.3) is 0 Å². The van der Waals surface area contributed by atoms with Crippen molar-refractivity contribution in [2.24, 2.45) is 10.7 Å². The maximum absolute atomic E-state index is 9.08. The van der Waals surface area contributed by atoms with Crippen LogP contribution in [0.1, 0.15) is 12.8 Å². The smallest absolute Gasteiger partial charge is 0.0717 e. The molecule has 0 spiro atoms. The fraction of sp³-hybridized carbons (Fsp3) is 0.364. The summed E-state index contributed by atoms with van der Waals surface area (Å²) in [6.45, 7) is -0.0653. The van der Waals surface area contributed by atoms with Crippen molar-refractivity contribution in [3.8, 4) is 0 Å². The lowest BCUT2D eigenvalue weighted by Crippen LogP contribution is -2.10. The Bertz CT molecular complexity index is 311. The molecule has 0 aliphatic heterocycles. The van der Waals surface area contributed by atoms with Crippen LogP contribution in [-0.4, -0.2) is 25.0 Å². The molecule has 3 N–H and O–H groups in total. The standard InChI is InChI=1S/C11H16N2O/c1-13-7-10(8-14)11(12)9-5-3-2-4-6-9/h2-3,5,7,14H,4,6,8,12H2,1H3. The zero-order valence-electron chi connectivity index (χ0n) is 8.40. The van der Waals surface area contributed by atoms with Gasteiger partial charge in [-0.05, 0) is 18.4 Å². The lowest BCUT2D eigenvalue weighted by atomic mass is 9.99. The maximum atomic E-state index is 9.08. The molecule has 0 amide bonds. The Morgan fingerprint density at radius 1 is 1.71 bits per heavy atom. The van der Waals surface area contributed by atoms with Crippen molar-refractivity contribution < 1.29 is 5.11 Å². The molecule has 0 aromatic carbocycles. The molecule has 0 radical (unpaired) electrons. The molecule has 1 aliphatic rings. The molecule has 1 rings (SSSR count). The Kier molecular flexibility index (Phi) is 4.13. The second-order valence-corrected chi connectivity index (χ2v) is 3.14. The first-order valence-electron chi connectivity index (χ1n) is 4.67. The summed E-state index contributed by atoms with van der Waals surface area (Å²) in [6, 6.07) is 0. The van der Waals surface area contributed by atoms with Gasteiger partial charge in [0.1, 0.15) is 0 Å². The minimum Gasteiger partial charge on any atom is -0.398 e. The van der Waals surface area contributed by atoms with Gasteiger partial charge in [0, 0.05) is 24.5 Å². The van der Waals surface area contributed by atoms with Crippen LogP contribution in [0.15, 0.2) is 40.1 Å². The van der Waals surface area contributed by atoms with Crippen molar-refractivity contribution >= 4 is 6.21 Å². The number of allylic oxidation sites excluding steroid dienone is 4. The molecular weight excluding hydrogens is 176 g/mol. The number of aliphatic imine (C=N–C) groups is 1. The molecule has 0 bridgehead atoms. The zero-order valence-corrected chi connectivity index (χ0v) is 8.40. The van der Waals surface area contributed by atoms with Crippen molar-refractivity contribution in [1.82, 2.24) is 0 Å². The molecule has 76 valence electrons. The van der Waals surface area contributed by atoms with Gasteiger partial charge in [0.05, 0.1) is 6.61 Å². The first-order valence-corrected chi connectivity index (χ1v) is 4.67. The highest BCUT2D eigenvalue weighted by Crippen LogP contribution is 2.18. The highest BCUT2D eigenvalue weighted by Gasteiger charge is 2.06. The average molecular weight is 192 g/mol. The minimum absolute atomic E-state index is 0.0653. The van der Waals surface area contributed by atoms with Crippen molar-refractivity contribution in [2.75, 3.05) is 13.7 Å². The van der Waals surface area contributed by atoms with Gasteiger partial charge >= 0.3 is 0 Å². The zero-order chi connectivity index (χ0) is 10.4. The average Bonchev–Trinajstić information content (AvgIpc) is 2.26. The molecule has 3 heteroatoms. The predicted molar refractivity (Wildman–Crippen MR) is 59.2 cm³/mol. The van der Waals surface area contributed by atoms with Crippen molar-refractivity contribution in [3.05, 3.63) is 35.1 Å². The summed E-state index contributed by atoms with van der Waals surface area (Å²) in [5.74, 6) is 0. The lowest BCUT2D eigenvalue weighted by Gasteiger charge is -2.11. The van der Waals surface area contributed by atoms with Crippen LogP contribution < -0.4 is 5.73 Å². The van der Waals surface area contributed by atoms with E-state index in [9.17, 15) is 0 Å². The van der Waals surface area contributed by atoms with Crippen molar-refractivity contribution in [1.29, 1.82) is 0 Å². The third-order valence-corrected chi connectivity index (χ3v) is 2.16. The maximum Gasteiger partial charge on any atom is 0.0717 e. The SMILES string of the molecule is CN=CC(CO)=C(N)C1=CC=CCC1. The summed E-state index contributed by atoms with van der Waals surface area (Å²) in [4.78, 5) is 3.85. The van der Waals surface area contributed by atoms with Crippen LogP contribution in [0.5, 0.6) is 0 Å². The first kappa shape index (κ1) is 10.7. The van der Waals surface area contributed by atoms with E-state index in [0.29, 0.717) is 11.3 Å². The lowest BCUT2D eigenvalue weighted by molar-refractivity contribution is 0.336. The summed E-state index contributed by atoms with van der Waals surface area (Å²) < 4.78 is 0. The van der Waals surface area contributed by atoms with Crippen molar-refractivity contribution in [2.45, 2.75) is 12.8 Å². The number of aliphatic hydroxyl groups is 1. The molecule has 0 saturated carbocycles. The number of hydrogen-bond acceptors (Lipinski definition) is 3. The molecule has 0 saturated heterocycles.